The van der Waals surface area contributed by atoms with Gasteiger partial charge in [-0.3, -0.25) is 20.2 Å². The molecule has 0 radical (unpaired) electrons. The van der Waals surface area contributed by atoms with Gasteiger partial charge in [0.2, 0.25) is 0 Å². The van der Waals surface area contributed by atoms with Crippen LogP contribution in [-0.4, -0.2) is 38.2 Å². The largest absolute Gasteiger partial charge is 0.468 e. The van der Waals surface area contributed by atoms with Gasteiger partial charge < -0.3 is 10.5 Å². The molecule has 2 aromatic carbocycles. The number of methoxy groups -OCH3 is 1. The molecule has 1 unspecified atom stereocenters. The van der Waals surface area contributed by atoms with Gasteiger partial charge in [0.05, 0.1) is 18.1 Å². The lowest BCUT2D eigenvalue weighted by Crippen LogP contribution is -2.27. The highest BCUT2D eigenvalue weighted by Crippen LogP contribution is 2.24. The molecule has 11 nitrogen and oxygen atoms in total. The van der Waals surface area contributed by atoms with E-state index in [4.69, 9.17) is 10.5 Å². The number of nitrogens with one attached hydrogen (secondary N) is 1. The van der Waals surface area contributed by atoms with E-state index in [1.165, 1.54) is 23.9 Å². The Morgan fingerprint density at radius 2 is 2.03 bits per heavy atom. The number of esters is 1. The van der Waals surface area contributed by atoms with E-state index in [1.807, 2.05) is 24.3 Å². The maximum absolute atomic E-state index is 11.7. The Morgan fingerprint density at radius 3 is 2.77 bits per heavy atom. The van der Waals surface area contributed by atoms with E-state index in [0.717, 1.165) is 11.1 Å². The van der Waals surface area contributed by atoms with Gasteiger partial charge in [-0.15, -0.1) is 5.10 Å². The molecule has 0 fully saturated rings. The van der Waals surface area contributed by atoms with Crippen molar-refractivity contribution in [1.29, 1.82) is 0 Å². The Bertz CT molecular complexity index is 1040. The van der Waals surface area contributed by atoms with Crippen LogP contribution < -0.4 is 11.1 Å². The number of ether oxygens (including phenoxy) is 1. The summed E-state index contributed by atoms with van der Waals surface area (Å²) in [6.45, 7) is 0.653. The molecule has 3 rings (SSSR count). The Kier molecular flexibility index (Phi) is 6.78. The Balaban J connectivity index is 1.95. The van der Waals surface area contributed by atoms with Crippen molar-refractivity contribution in [3.8, 4) is 0 Å². The van der Waals surface area contributed by atoms with Crippen molar-refractivity contribution in [2.75, 3.05) is 7.11 Å². The van der Waals surface area contributed by atoms with E-state index in [0.29, 0.717) is 24.5 Å². The molecule has 1 atom stereocenters. The molecule has 0 saturated carbocycles. The van der Waals surface area contributed by atoms with Crippen LogP contribution in [-0.2, 0) is 29.2 Å². The minimum absolute atomic E-state index is 0.0589. The van der Waals surface area contributed by atoms with Crippen LogP contribution in [0.1, 0.15) is 28.6 Å². The van der Waals surface area contributed by atoms with Crippen molar-refractivity contribution >= 4 is 11.7 Å². The van der Waals surface area contributed by atoms with Crippen molar-refractivity contribution in [3.63, 3.8) is 0 Å². The molecule has 1 aromatic heterocycles. The smallest absolute Gasteiger partial charge is 0.327 e. The Labute approximate surface area is 172 Å². The topological polar surface area (TPSA) is 151 Å². The summed E-state index contributed by atoms with van der Waals surface area (Å²) >= 11 is 0. The third-order valence-corrected chi connectivity index (χ3v) is 4.48. The van der Waals surface area contributed by atoms with Gasteiger partial charge in [0.25, 0.3) is 5.69 Å². The number of nitrogens with two attached hydrogens (primary N) is 1. The molecule has 30 heavy (non-hydrogen) atoms. The Hall–Kier alpha value is -3.70. The van der Waals surface area contributed by atoms with Gasteiger partial charge in [-0.05, 0) is 27.1 Å². The first-order valence-electron chi connectivity index (χ1n) is 9.10. The van der Waals surface area contributed by atoms with Gasteiger partial charge in [-0.25, -0.2) is 4.68 Å². The van der Waals surface area contributed by atoms with Crippen LogP contribution in [0.15, 0.2) is 48.5 Å². The van der Waals surface area contributed by atoms with Gasteiger partial charge in [0.15, 0.2) is 5.82 Å². The van der Waals surface area contributed by atoms with Crippen LogP contribution >= 0.6 is 0 Å². The summed E-state index contributed by atoms with van der Waals surface area (Å²) in [7, 11) is 1.27. The maximum Gasteiger partial charge on any atom is 0.327 e. The van der Waals surface area contributed by atoms with Crippen molar-refractivity contribution < 1.29 is 14.5 Å². The maximum atomic E-state index is 11.7. The van der Waals surface area contributed by atoms with E-state index >= 15 is 0 Å². The van der Waals surface area contributed by atoms with E-state index in [9.17, 15) is 14.9 Å². The van der Waals surface area contributed by atoms with Crippen LogP contribution in [0.5, 0.6) is 0 Å². The van der Waals surface area contributed by atoms with Gasteiger partial charge in [-0.1, -0.05) is 36.4 Å². The second kappa shape index (κ2) is 9.67. The SMILES string of the molecule is COC(=O)Cn1nnnc1C(NCc1cccc(CN)c1)c1cccc([N+](=O)[O-])c1. The number of nitrogens with zero attached hydrogens (tertiary/aromatic N) is 5. The lowest BCUT2D eigenvalue weighted by atomic mass is 10.0. The number of rotatable bonds is 9. The zero-order valence-electron chi connectivity index (χ0n) is 16.3. The molecule has 0 aliphatic heterocycles. The monoisotopic (exact) mass is 411 g/mol. The number of hydrogen-bond acceptors (Lipinski definition) is 9. The van der Waals surface area contributed by atoms with E-state index in [2.05, 4.69) is 20.8 Å². The zero-order valence-corrected chi connectivity index (χ0v) is 16.3. The average molecular weight is 411 g/mol. The molecule has 0 saturated heterocycles. The number of hydrogen-bond donors (Lipinski definition) is 2. The molecule has 1 heterocycles. The molecule has 0 aliphatic rings. The molecule has 0 spiro atoms. The van der Waals surface area contributed by atoms with Crippen LogP contribution in [0.4, 0.5) is 5.69 Å². The van der Waals surface area contributed by atoms with Crippen molar-refractivity contribution in [1.82, 2.24) is 25.5 Å². The fraction of sp³-hybridized carbons (Fsp3) is 0.263. The van der Waals surface area contributed by atoms with Crippen molar-refractivity contribution in [2.45, 2.75) is 25.7 Å². The molecular weight excluding hydrogens is 390 g/mol. The molecule has 156 valence electrons. The highest BCUT2D eigenvalue weighted by atomic mass is 16.6. The standard InChI is InChI=1S/C19H21N7O4/c1-30-17(27)12-25-19(22-23-24-25)18(15-6-3-7-16(9-15)26(28)29)21-11-14-5-2-4-13(8-14)10-20/h2-9,18,21H,10-12,20H2,1H3. The van der Waals surface area contributed by atoms with Crippen LogP contribution in [0, 0.1) is 10.1 Å². The normalized spacial score (nSPS) is 11.8. The first kappa shape index (κ1) is 21.0. The van der Waals surface area contributed by atoms with Gasteiger partial charge >= 0.3 is 5.97 Å². The molecule has 0 aliphatic carbocycles. The van der Waals surface area contributed by atoms with Crippen LogP contribution in [0.25, 0.3) is 0 Å². The fourth-order valence-corrected chi connectivity index (χ4v) is 2.98. The highest BCUT2D eigenvalue weighted by molar-refractivity contribution is 5.68. The lowest BCUT2D eigenvalue weighted by Gasteiger charge is -2.19. The molecular formula is C19H21N7O4. The van der Waals surface area contributed by atoms with Crippen LogP contribution in [0.2, 0.25) is 0 Å². The number of non-ortho nitro benzene ring substituents is 1. The third-order valence-electron chi connectivity index (χ3n) is 4.48. The second-order valence-corrected chi connectivity index (χ2v) is 6.46. The summed E-state index contributed by atoms with van der Waals surface area (Å²) in [5.41, 5.74) is 8.19. The molecule has 0 amide bonds. The summed E-state index contributed by atoms with van der Waals surface area (Å²) in [6, 6.07) is 13.3. The van der Waals surface area contributed by atoms with E-state index in [1.54, 1.807) is 12.1 Å². The molecule has 3 aromatic rings. The number of tetrazole rings is 1. The summed E-state index contributed by atoms with van der Waals surface area (Å²) in [4.78, 5) is 22.5. The number of aromatic nitrogens is 4. The van der Waals surface area contributed by atoms with Crippen molar-refractivity contribution in [3.05, 3.63) is 81.2 Å². The summed E-state index contributed by atoms with van der Waals surface area (Å²) in [5, 5.41) is 26.1. The average Bonchev–Trinajstić information content (AvgIpc) is 3.21. The molecule has 11 heteroatoms. The predicted octanol–water partition coefficient (Wildman–Crippen LogP) is 1.09. The van der Waals surface area contributed by atoms with Gasteiger partial charge in [0, 0.05) is 25.2 Å². The minimum Gasteiger partial charge on any atom is -0.468 e. The number of nitro benzene ring substituents is 1. The first-order valence-corrected chi connectivity index (χ1v) is 9.10. The number of carbonyl (C=O) groups is 1. The van der Waals surface area contributed by atoms with Crippen molar-refractivity contribution in [2.24, 2.45) is 5.73 Å². The Morgan fingerprint density at radius 1 is 1.27 bits per heavy atom. The quantitative estimate of drug-likeness (QED) is 0.299. The van der Waals surface area contributed by atoms with E-state index in [-0.39, 0.29) is 12.2 Å². The summed E-state index contributed by atoms with van der Waals surface area (Å²) in [5.74, 6) is -0.187. The van der Waals surface area contributed by atoms with Crippen LogP contribution in [0.3, 0.4) is 0 Å². The fourth-order valence-electron chi connectivity index (χ4n) is 2.98. The molecule has 0 bridgehead atoms. The van der Waals surface area contributed by atoms with E-state index < -0.39 is 16.9 Å². The highest BCUT2D eigenvalue weighted by Gasteiger charge is 2.24. The minimum atomic E-state index is -0.605. The zero-order chi connectivity index (χ0) is 21.5. The predicted molar refractivity (Wildman–Crippen MR) is 106 cm³/mol. The number of benzene rings is 2. The summed E-state index contributed by atoms with van der Waals surface area (Å²) < 4.78 is 6.00. The lowest BCUT2D eigenvalue weighted by molar-refractivity contribution is -0.384. The second-order valence-electron chi connectivity index (χ2n) is 6.46. The number of nitro groups is 1. The first-order chi connectivity index (χ1) is 14.5. The molecule has 3 N–H and O–H groups in total. The number of carbonyl (C=O) groups excluding carboxylic acids is 1. The van der Waals surface area contributed by atoms with Gasteiger partial charge in [-0.2, -0.15) is 0 Å². The van der Waals surface area contributed by atoms with Gasteiger partial charge in [0.1, 0.15) is 6.54 Å². The summed E-state index contributed by atoms with van der Waals surface area (Å²) in [6.07, 6.45) is 0. The third kappa shape index (κ3) is 5.01.